The molecule has 0 aliphatic rings. The molecule has 0 heterocycles. The number of hydrogen-bond donors (Lipinski definition) is 0. The number of ether oxygens (including phenoxy) is 2. The van der Waals surface area contributed by atoms with Crippen LogP contribution in [0, 0.1) is 12.8 Å². The minimum absolute atomic E-state index is 0.0914. The topological polar surface area (TPSA) is 18.5 Å². The first-order valence-electron chi connectivity index (χ1n) is 5.69. The average Bonchev–Trinajstić information content (AvgIpc) is 2.13. The van der Waals surface area contributed by atoms with Crippen molar-refractivity contribution in [1.82, 2.24) is 0 Å². The molecule has 0 aromatic heterocycles. The summed E-state index contributed by atoms with van der Waals surface area (Å²) >= 11 is 0. The van der Waals surface area contributed by atoms with E-state index in [1.54, 1.807) is 0 Å². The molecule has 0 aliphatic carbocycles. The van der Waals surface area contributed by atoms with Gasteiger partial charge in [-0.1, -0.05) is 27.2 Å². The van der Waals surface area contributed by atoms with Gasteiger partial charge in [0.25, 0.3) is 0 Å². The largest absolute Gasteiger partial charge is 0.381 e. The standard InChI is InChI=1S/C12H25O2/c1-5-6-8-14-12(4)7-9-13-10-11(2)3/h11-12H,4-10H2,1-3H3. The average molecular weight is 201 g/mol. The van der Waals surface area contributed by atoms with E-state index in [2.05, 4.69) is 27.7 Å². The minimum atomic E-state index is 0.0914. The lowest BCUT2D eigenvalue weighted by Crippen LogP contribution is -2.14. The molecule has 0 bridgehead atoms. The Morgan fingerprint density at radius 1 is 1.21 bits per heavy atom. The SMILES string of the molecule is [CH2]C(CCOCC(C)C)OCCCC. The molecule has 0 saturated heterocycles. The van der Waals surface area contributed by atoms with Gasteiger partial charge in [0.05, 0.1) is 6.10 Å². The lowest BCUT2D eigenvalue weighted by Gasteiger charge is -2.13. The fraction of sp³-hybridized carbons (Fsp3) is 0.917. The van der Waals surface area contributed by atoms with Crippen LogP contribution in [0.3, 0.4) is 0 Å². The Kier molecular flexibility index (Phi) is 9.42. The third-order valence-electron chi connectivity index (χ3n) is 1.89. The van der Waals surface area contributed by atoms with Crippen LogP contribution >= 0.6 is 0 Å². The van der Waals surface area contributed by atoms with E-state index < -0.39 is 0 Å². The van der Waals surface area contributed by atoms with Gasteiger partial charge in [-0.3, -0.25) is 0 Å². The van der Waals surface area contributed by atoms with E-state index >= 15 is 0 Å². The third-order valence-corrected chi connectivity index (χ3v) is 1.89. The number of hydrogen-bond acceptors (Lipinski definition) is 2. The van der Waals surface area contributed by atoms with Crippen LogP contribution in [-0.4, -0.2) is 25.9 Å². The second-order valence-electron chi connectivity index (χ2n) is 4.10. The molecule has 0 N–H and O–H groups in total. The Labute approximate surface area is 89.0 Å². The van der Waals surface area contributed by atoms with Crippen molar-refractivity contribution in [2.24, 2.45) is 5.92 Å². The zero-order valence-corrected chi connectivity index (χ0v) is 9.92. The molecule has 1 unspecified atom stereocenters. The lowest BCUT2D eigenvalue weighted by molar-refractivity contribution is 0.0379. The van der Waals surface area contributed by atoms with Crippen molar-refractivity contribution >= 4 is 0 Å². The van der Waals surface area contributed by atoms with Crippen LogP contribution < -0.4 is 0 Å². The summed E-state index contributed by atoms with van der Waals surface area (Å²) in [5, 5.41) is 0. The maximum Gasteiger partial charge on any atom is 0.0598 e. The third kappa shape index (κ3) is 10.0. The van der Waals surface area contributed by atoms with Gasteiger partial charge in [0.1, 0.15) is 0 Å². The van der Waals surface area contributed by atoms with Crippen LogP contribution in [0.5, 0.6) is 0 Å². The fourth-order valence-electron chi connectivity index (χ4n) is 1.01. The summed E-state index contributed by atoms with van der Waals surface area (Å²) in [5.74, 6) is 0.610. The maximum absolute atomic E-state index is 5.50. The van der Waals surface area contributed by atoms with Crippen LogP contribution in [0.4, 0.5) is 0 Å². The highest BCUT2D eigenvalue weighted by atomic mass is 16.5. The van der Waals surface area contributed by atoms with Gasteiger partial charge in [0.2, 0.25) is 0 Å². The summed E-state index contributed by atoms with van der Waals surface area (Å²) in [6.45, 7) is 12.8. The van der Waals surface area contributed by atoms with E-state index in [1.807, 2.05) is 0 Å². The van der Waals surface area contributed by atoms with E-state index in [9.17, 15) is 0 Å². The quantitative estimate of drug-likeness (QED) is 0.534. The van der Waals surface area contributed by atoms with E-state index in [0.29, 0.717) is 5.92 Å². The molecule has 14 heavy (non-hydrogen) atoms. The first kappa shape index (κ1) is 13.9. The smallest absolute Gasteiger partial charge is 0.0598 e. The molecule has 0 saturated carbocycles. The summed E-state index contributed by atoms with van der Waals surface area (Å²) in [5.41, 5.74) is 0. The Bertz CT molecular complexity index is 113. The summed E-state index contributed by atoms with van der Waals surface area (Å²) in [6.07, 6.45) is 3.29. The molecule has 0 aromatic rings. The molecule has 0 aliphatic heterocycles. The van der Waals surface area contributed by atoms with Gasteiger partial charge in [-0.2, -0.15) is 0 Å². The lowest BCUT2D eigenvalue weighted by atomic mass is 10.2. The Morgan fingerprint density at radius 2 is 1.93 bits per heavy atom. The molecule has 0 aromatic carbocycles. The van der Waals surface area contributed by atoms with Crippen molar-refractivity contribution in [3.8, 4) is 0 Å². The molecule has 85 valence electrons. The summed E-state index contributed by atoms with van der Waals surface area (Å²) < 4.78 is 11.0. The Morgan fingerprint density at radius 3 is 2.50 bits per heavy atom. The zero-order chi connectivity index (χ0) is 10.8. The van der Waals surface area contributed by atoms with E-state index in [1.165, 1.54) is 6.42 Å². The molecule has 1 atom stereocenters. The van der Waals surface area contributed by atoms with E-state index in [0.717, 1.165) is 32.7 Å². The first-order chi connectivity index (χ1) is 6.66. The van der Waals surface area contributed by atoms with Gasteiger partial charge in [0, 0.05) is 19.8 Å². The summed E-state index contributed by atoms with van der Waals surface area (Å²) in [4.78, 5) is 0. The van der Waals surface area contributed by atoms with Gasteiger partial charge in [0.15, 0.2) is 0 Å². The van der Waals surface area contributed by atoms with Crippen molar-refractivity contribution in [2.45, 2.75) is 46.1 Å². The molecule has 0 rings (SSSR count). The van der Waals surface area contributed by atoms with Gasteiger partial charge < -0.3 is 9.47 Å². The molecule has 1 radical (unpaired) electrons. The zero-order valence-electron chi connectivity index (χ0n) is 9.92. The molecule has 0 spiro atoms. The fourth-order valence-corrected chi connectivity index (χ4v) is 1.01. The minimum Gasteiger partial charge on any atom is -0.381 e. The predicted octanol–water partition coefficient (Wildman–Crippen LogP) is 3.07. The Balaban J connectivity index is 3.14. The maximum atomic E-state index is 5.50. The molecule has 0 fully saturated rings. The van der Waals surface area contributed by atoms with Gasteiger partial charge in [-0.25, -0.2) is 0 Å². The normalized spacial score (nSPS) is 13.5. The van der Waals surface area contributed by atoms with E-state index in [4.69, 9.17) is 9.47 Å². The highest BCUT2D eigenvalue weighted by Crippen LogP contribution is 2.01. The van der Waals surface area contributed by atoms with Crippen LogP contribution in [0.1, 0.15) is 40.0 Å². The van der Waals surface area contributed by atoms with Crippen molar-refractivity contribution in [2.75, 3.05) is 19.8 Å². The summed E-state index contributed by atoms with van der Waals surface area (Å²) in [7, 11) is 0. The van der Waals surface area contributed by atoms with Crippen molar-refractivity contribution in [3.05, 3.63) is 6.92 Å². The monoisotopic (exact) mass is 201 g/mol. The first-order valence-corrected chi connectivity index (χ1v) is 5.69. The number of rotatable bonds is 9. The number of unbranched alkanes of at least 4 members (excludes halogenated alkanes) is 1. The molecule has 0 amide bonds. The van der Waals surface area contributed by atoms with E-state index in [-0.39, 0.29) is 6.10 Å². The van der Waals surface area contributed by atoms with Crippen molar-refractivity contribution in [3.63, 3.8) is 0 Å². The predicted molar refractivity (Wildman–Crippen MR) is 60.3 cm³/mol. The molecular weight excluding hydrogens is 176 g/mol. The van der Waals surface area contributed by atoms with Gasteiger partial charge >= 0.3 is 0 Å². The second-order valence-corrected chi connectivity index (χ2v) is 4.10. The Hall–Kier alpha value is -0.0800. The second kappa shape index (κ2) is 9.47. The van der Waals surface area contributed by atoms with Crippen LogP contribution in [-0.2, 0) is 9.47 Å². The van der Waals surface area contributed by atoms with Crippen molar-refractivity contribution in [1.29, 1.82) is 0 Å². The van der Waals surface area contributed by atoms with Gasteiger partial charge in [-0.15, -0.1) is 0 Å². The van der Waals surface area contributed by atoms with Gasteiger partial charge in [-0.05, 0) is 25.7 Å². The van der Waals surface area contributed by atoms with Crippen molar-refractivity contribution < 1.29 is 9.47 Å². The van der Waals surface area contributed by atoms with Crippen LogP contribution in [0.2, 0.25) is 0 Å². The molecule has 2 nitrogen and oxygen atoms in total. The molecule has 2 heteroatoms. The highest BCUT2D eigenvalue weighted by Gasteiger charge is 2.02. The molecular formula is C12H25O2. The van der Waals surface area contributed by atoms with Crippen LogP contribution in [0.15, 0.2) is 0 Å². The highest BCUT2D eigenvalue weighted by molar-refractivity contribution is 4.59. The van der Waals surface area contributed by atoms with Crippen LogP contribution in [0.25, 0.3) is 0 Å². The summed E-state index contributed by atoms with van der Waals surface area (Å²) in [6, 6.07) is 0.